The SMILES string of the molecule is O=C(C=C1CN(Cc2ccccc2)c2ccccc21)c1ccc(Cl)cc1. The number of allylic oxidation sites excluding steroid dienone is 1. The van der Waals surface area contributed by atoms with Crippen LogP contribution in [-0.4, -0.2) is 12.3 Å². The van der Waals surface area contributed by atoms with Gasteiger partial charge in [0, 0.05) is 34.9 Å². The number of benzene rings is 3. The molecular formula is C23H18ClNO. The predicted octanol–water partition coefficient (Wildman–Crippen LogP) is 5.63. The molecule has 0 radical (unpaired) electrons. The molecule has 0 fully saturated rings. The van der Waals surface area contributed by atoms with Crippen molar-refractivity contribution < 1.29 is 4.79 Å². The van der Waals surface area contributed by atoms with Crippen molar-refractivity contribution in [2.75, 3.05) is 11.4 Å². The van der Waals surface area contributed by atoms with Crippen LogP contribution in [0.3, 0.4) is 0 Å². The normalized spacial score (nSPS) is 14.5. The fraction of sp³-hybridized carbons (Fsp3) is 0.0870. The van der Waals surface area contributed by atoms with Crippen LogP contribution in [-0.2, 0) is 6.54 Å². The van der Waals surface area contributed by atoms with Crippen LogP contribution in [0.4, 0.5) is 5.69 Å². The molecule has 0 aliphatic carbocycles. The summed E-state index contributed by atoms with van der Waals surface area (Å²) < 4.78 is 0. The summed E-state index contributed by atoms with van der Waals surface area (Å²) in [5.41, 5.74) is 5.27. The number of hydrogen-bond donors (Lipinski definition) is 0. The number of para-hydroxylation sites is 1. The maximum absolute atomic E-state index is 12.6. The molecule has 26 heavy (non-hydrogen) atoms. The smallest absolute Gasteiger partial charge is 0.186 e. The number of carbonyl (C=O) groups excluding carboxylic acids is 1. The van der Waals surface area contributed by atoms with Gasteiger partial charge in [0.25, 0.3) is 0 Å². The molecular weight excluding hydrogens is 342 g/mol. The van der Waals surface area contributed by atoms with Crippen LogP contribution in [0.25, 0.3) is 5.57 Å². The van der Waals surface area contributed by atoms with Crippen LogP contribution < -0.4 is 4.90 Å². The third-order valence-corrected chi connectivity index (χ3v) is 4.85. The minimum Gasteiger partial charge on any atom is -0.362 e. The molecule has 1 heterocycles. The van der Waals surface area contributed by atoms with Crippen molar-refractivity contribution in [3.63, 3.8) is 0 Å². The van der Waals surface area contributed by atoms with E-state index in [4.69, 9.17) is 11.6 Å². The second-order valence-corrected chi connectivity index (χ2v) is 6.84. The molecule has 0 aromatic heterocycles. The second kappa shape index (κ2) is 7.19. The zero-order valence-electron chi connectivity index (χ0n) is 14.2. The number of ketones is 1. The predicted molar refractivity (Wildman–Crippen MR) is 108 cm³/mol. The summed E-state index contributed by atoms with van der Waals surface area (Å²) in [6, 6.07) is 25.7. The van der Waals surface area contributed by atoms with Crippen LogP contribution in [0.1, 0.15) is 21.5 Å². The Morgan fingerprint density at radius 2 is 1.62 bits per heavy atom. The first-order valence-corrected chi connectivity index (χ1v) is 8.97. The molecule has 4 rings (SSSR count). The third-order valence-electron chi connectivity index (χ3n) is 4.60. The highest BCUT2D eigenvalue weighted by Gasteiger charge is 2.23. The van der Waals surface area contributed by atoms with Gasteiger partial charge in [-0.1, -0.05) is 60.1 Å². The van der Waals surface area contributed by atoms with Crippen molar-refractivity contribution in [3.05, 3.63) is 107 Å². The molecule has 0 N–H and O–H groups in total. The molecule has 0 amide bonds. The van der Waals surface area contributed by atoms with E-state index in [1.54, 1.807) is 30.3 Å². The first kappa shape index (κ1) is 16.6. The average Bonchev–Trinajstić information content (AvgIpc) is 3.01. The number of fused-ring (bicyclic) bond motifs is 1. The van der Waals surface area contributed by atoms with E-state index in [0.29, 0.717) is 10.6 Å². The van der Waals surface area contributed by atoms with Gasteiger partial charge in [-0.2, -0.15) is 0 Å². The zero-order chi connectivity index (χ0) is 17.9. The second-order valence-electron chi connectivity index (χ2n) is 6.40. The van der Waals surface area contributed by atoms with Crippen LogP contribution in [0, 0.1) is 0 Å². The Morgan fingerprint density at radius 3 is 2.38 bits per heavy atom. The third kappa shape index (κ3) is 3.42. The Balaban J connectivity index is 1.63. The first-order chi connectivity index (χ1) is 12.7. The Hall–Kier alpha value is -2.84. The lowest BCUT2D eigenvalue weighted by Crippen LogP contribution is -2.19. The first-order valence-electron chi connectivity index (χ1n) is 8.59. The van der Waals surface area contributed by atoms with Crippen molar-refractivity contribution >= 4 is 28.6 Å². The quantitative estimate of drug-likeness (QED) is 0.444. The van der Waals surface area contributed by atoms with E-state index in [1.807, 2.05) is 18.2 Å². The standard InChI is InChI=1S/C23H18ClNO/c24-20-12-10-18(11-13-20)23(26)14-19-16-25(15-17-6-2-1-3-7-17)22-9-5-4-8-21(19)22/h1-14H,15-16H2. The van der Waals surface area contributed by atoms with Crippen molar-refractivity contribution in [2.45, 2.75) is 6.54 Å². The fourth-order valence-electron chi connectivity index (χ4n) is 3.32. The Kier molecular flexibility index (Phi) is 4.59. The largest absolute Gasteiger partial charge is 0.362 e. The van der Waals surface area contributed by atoms with E-state index in [-0.39, 0.29) is 5.78 Å². The monoisotopic (exact) mass is 359 g/mol. The van der Waals surface area contributed by atoms with Gasteiger partial charge in [0.05, 0.1) is 0 Å². The van der Waals surface area contributed by atoms with Gasteiger partial charge in [0.15, 0.2) is 5.78 Å². The van der Waals surface area contributed by atoms with Crippen LogP contribution in [0.15, 0.2) is 84.9 Å². The molecule has 128 valence electrons. The van der Waals surface area contributed by atoms with Crippen molar-refractivity contribution in [2.24, 2.45) is 0 Å². The van der Waals surface area contributed by atoms with Gasteiger partial charge >= 0.3 is 0 Å². The molecule has 1 aliphatic rings. The van der Waals surface area contributed by atoms with E-state index in [2.05, 4.69) is 41.3 Å². The Bertz CT molecular complexity index is 961. The summed E-state index contributed by atoms with van der Waals surface area (Å²) >= 11 is 5.92. The maximum atomic E-state index is 12.6. The molecule has 3 aromatic carbocycles. The Morgan fingerprint density at radius 1 is 0.923 bits per heavy atom. The lowest BCUT2D eigenvalue weighted by molar-refractivity contribution is 0.104. The Labute approximate surface area is 158 Å². The van der Waals surface area contributed by atoms with Gasteiger partial charge in [-0.3, -0.25) is 4.79 Å². The number of anilines is 1. The molecule has 1 aliphatic heterocycles. The van der Waals surface area contributed by atoms with E-state index in [0.717, 1.165) is 24.2 Å². The van der Waals surface area contributed by atoms with Gasteiger partial charge in [0.1, 0.15) is 0 Å². The highest BCUT2D eigenvalue weighted by atomic mass is 35.5. The average molecular weight is 360 g/mol. The molecule has 3 heteroatoms. The van der Waals surface area contributed by atoms with Crippen LogP contribution in [0.2, 0.25) is 5.02 Å². The summed E-state index contributed by atoms with van der Waals surface area (Å²) in [5, 5.41) is 0.634. The van der Waals surface area contributed by atoms with Gasteiger partial charge in [-0.05, 0) is 47.5 Å². The minimum atomic E-state index is 0.00744. The molecule has 3 aromatic rings. The highest BCUT2D eigenvalue weighted by Crippen LogP contribution is 2.36. The summed E-state index contributed by atoms with van der Waals surface area (Å²) in [6.45, 7) is 1.55. The van der Waals surface area contributed by atoms with Gasteiger partial charge in [-0.15, -0.1) is 0 Å². The van der Waals surface area contributed by atoms with Crippen molar-refractivity contribution in [1.29, 1.82) is 0 Å². The number of hydrogen-bond acceptors (Lipinski definition) is 2. The van der Waals surface area contributed by atoms with Crippen molar-refractivity contribution in [1.82, 2.24) is 0 Å². The molecule has 0 bridgehead atoms. The minimum absolute atomic E-state index is 0.00744. The highest BCUT2D eigenvalue weighted by molar-refractivity contribution is 6.30. The van der Waals surface area contributed by atoms with Crippen molar-refractivity contribution in [3.8, 4) is 0 Å². The number of carbonyl (C=O) groups is 1. The van der Waals surface area contributed by atoms with Crippen LogP contribution in [0.5, 0.6) is 0 Å². The number of rotatable bonds is 4. The molecule has 0 atom stereocenters. The maximum Gasteiger partial charge on any atom is 0.186 e. The summed E-state index contributed by atoms with van der Waals surface area (Å²) in [6.07, 6.45) is 1.76. The molecule has 2 nitrogen and oxygen atoms in total. The molecule has 0 spiro atoms. The summed E-state index contributed by atoms with van der Waals surface area (Å²) in [5.74, 6) is 0.00744. The topological polar surface area (TPSA) is 20.3 Å². The van der Waals surface area contributed by atoms with Gasteiger partial charge < -0.3 is 4.90 Å². The van der Waals surface area contributed by atoms with Gasteiger partial charge in [0.2, 0.25) is 0 Å². The van der Waals surface area contributed by atoms with Crippen LogP contribution >= 0.6 is 11.6 Å². The number of halogens is 1. The van der Waals surface area contributed by atoms with E-state index >= 15 is 0 Å². The fourth-order valence-corrected chi connectivity index (χ4v) is 3.45. The zero-order valence-corrected chi connectivity index (χ0v) is 15.0. The lowest BCUT2D eigenvalue weighted by Gasteiger charge is -2.19. The van der Waals surface area contributed by atoms with E-state index < -0.39 is 0 Å². The van der Waals surface area contributed by atoms with E-state index in [1.165, 1.54) is 11.3 Å². The van der Waals surface area contributed by atoms with E-state index in [9.17, 15) is 4.79 Å². The molecule has 0 saturated heterocycles. The molecule has 0 saturated carbocycles. The number of nitrogens with zero attached hydrogens (tertiary/aromatic N) is 1. The summed E-state index contributed by atoms with van der Waals surface area (Å²) in [7, 11) is 0. The molecule has 0 unspecified atom stereocenters. The van der Waals surface area contributed by atoms with Gasteiger partial charge in [-0.25, -0.2) is 0 Å². The lowest BCUT2D eigenvalue weighted by atomic mass is 10.0. The summed E-state index contributed by atoms with van der Waals surface area (Å²) in [4.78, 5) is 15.0.